The van der Waals surface area contributed by atoms with Crippen LogP contribution in [0.3, 0.4) is 0 Å². The third-order valence-corrected chi connectivity index (χ3v) is 3.70. The third kappa shape index (κ3) is 4.16. The van der Waals surface area contributed by atoms with Crippen molar-refractivity contribution in [2.45, 2.75) is 46.3 Å². The minimum atomic E-state index is 0. The number of rotatable bonds is 5. The quantitative estimate of drug-likeness (QED) is 0.892. The topological polar surface area (TPSA) is 60.0 Å². The molecule has 1 aromatic heterocycles. The molecule has 2 unspecified atom stereocenters. The summed E-state index contributed by atoms with van der Waals surface area (Å²) in [6.07, 6.45) is 2.87. The lowest BCUT2D eigenvalue weighted by Gasteiger charge is -2.21. The van der Waals surface area contributed by atoms with E-state index in [1.54, 1.807) is 6.33 Å². The van der Waals surface area contributed by atoms with Crippen LogP contribution < -0.4 is 5.73 Å². The Morgan fingerprint density at radius 3 is 2.79 bits per heavy atom. The van der Waals surface area contributed by atoms with Crippen molar-refractivity contribution in [2.75, 3.05) is 13.1 Å². The highest BCUT2D eigenvalue weighted by Gasteiger charge is 2.28. The molecule has 0 aliphatic carbocycles. The molecule has 0 aromatic carbocycles. The van der Waals surface area contributed by atoms with Crippen LogP contribution >= 0.6 is 12.4 Å². The van der Waals surface area contributed by atoms with Crippen LogP contribution in [-0.4, -0.2) is 38.8 Å². The van der Waals surface area contributed by atoms with Crippen LogP contribution in [0.2, 0.25) is 0 Å². The van der Waals surface area contributed by atoms with Crippen molar-refractivity contribution >= 4 is 12.4 Å². The van der Waals surface area contributed by atoms with Gasteiger partial charge in [-0.2, -0.15) is 5.10 Å². The first-order valence-electron chi connectivity index (χ1n) is 6.91. The van der Waals surface area contributed by atoms with Gasteiger partial charge < -0.3 is 5.73 Å². The van der Waals surface area contributed by atoms with E-state index < -0.39 is 0 Å². The van der Waals surface area contributed by atoms with E-state index in [-0.39, 0.29) is 12.4 Å². The van der Waals surface area contributed by atoms with E-state index in [4.69, 9.17) is 5.73 Å². The van der Waals surface area contributed by atoms with Gasteiger partial charge in [0.05, 0.1) is 6.54 Å². The summed E-state index contributed by atoms with van der Waals surface area (Å²) >= 11 is 0. The molecule has 6 heteroatoms. The maximum absolute atomic E-state index is 5.77. The lowest BCUT2D eigenvalue weighted by atomic mass is 10.1. The summed E-state index contributed by atoms with van der Waals surface area (Å²) in [7, 11) is 0. The fraction of sp³-hybridized carbons (Fsp3) is 0.846. The van der Waals surface area contributed by atoms with E-state index in [1.807, 2.05) is 4.68 Å². The summed E-state index contributed by atoms with van der Waals surface area (Å²) in [5.74, 6) is 2.31. The summed E-state index contributed by atoms with van der Waals surface area (Å²) in [6, 6.07) is 0.600. The highest BCUT2D eigenvalue weighted by atomic mass is 35.5. The minimum Gasteiger partial charge on any atom is -0.330 e. The Morgan fingerprint density at radius 2 is 2.21 bits per heavy atom. The van der Waals surface area contributed by atoms with Crippen LogP contribution in [0.4, 0.5) is 0 Å². The summed E-state index contributed by atoms with van der Waals surface area (Å²) in [5, 5.41) is 4.32. The molecule has 0 amide bonds. The maximum Gasteiger partial charge on any atom is 0.141 e. The Labute approximate surface area is 122 Å². The Kier molecular flexibility index (Phi) is 6.23. The van der Waals surface area contributed by atoms with Gasteiger partial charge >= 0.3 is 0 Å². The molecule has 1 aliphatic rings. The Balaban J connectivity index is 0.00000180. The van der Waals surface area contributed by atoms with Crippen LogP contribution in [0.5, 0.6) is 0 Å². The second-order valence-corrected chi connectivity index (χ2v) is 5.87. The van der Waals surface area contributed by atoms with E-state index in [0.29, 0.717) is 17.9 Å². The van der Waals surface area contributed by atoms with Gasteiger partial charge in [0, 0.05) is 19.1 Å². The van der Waals surface area contributed by atoms with Crippen LogP contribution in [-0.2, 0) is 13.1 Å². The van der Waals surface area contributed by atoms with Crippen molar-refractivity contribution in [2.24, 2.45) is 17.6 Å². The molecule has 0 saturated carbocycles. The van der Waals surface area contributed by atoms with Crippen LogP contribution in [0, 0.1) is 11.8 Å². The number of likely N-dealkylation sites (tertiary alicyclic amines) is 1. The summed E-state index contributed by atoms with van der Waals surface area (Å²) < 4.78 is 2.03. The average Bonchev–Trinajstić information content (AvgIpc) is 2.87. The molecule has 1 aromatic rings. The monoisotopic (exact) mass is 287 g/mol. The molecular weight excluding hydrogens is 262 g/mol. The molecule has 1 aliphatic heterocycles. The average molecular weight is 288 g/mol. The van der Waals surface area contributed by atoms with Crippen molar-refractivity contribution in [1.82, 2.24) is 19.7 Å². The van der Waals surface area contributed by atoms with Crippen molar-refractivity contribution in [3.63, 3.8) is 0 Å². The first-order chi connectivity index (χ1) is 8.60. The van der Waals surface area contributed by atoms with Gasteiger partial charge in [0.15, 0.2) is 0 Å². The van der Waals surface area contributed by atoms with Crippen LogP contribution in [0.15, 0.2) is 6.33 Å². The molecule has 2 N–H and O–H groups in total. The first kappa shape index (κ1) is 16.4. The summed E-state index contributed by atoms with van der Waals surface area (Å²) in [5.41, 5.74) is 5.77. The molecule has 0 spiro atoms. The predicted octanol–water partition coefficient (Wildman–Crippen LogP) is 1.52. The van der Waals surface area contributed by atoms with Gasteiger partial charge in [0.25, 0.3) is 0 Å². The largest absolute Gasteiger partial charge is 0.330 e. The zero-order chi connectivity index (χ0) is 13.1. The molecule has 0 radical (unpaired) electrons. The van der Waals surface area contributed by atoms with Gasteiger partial charge in [-0.1, -0.05) is 13.8 Å². The number of halogens is 1. The van der Waals surface area contributed by atoms with Crippen LogP contribution in [0.1, 0.15) is 33.0 Å². The highest BCUT2D eigenvalue weighted by Crippen LogP contribution is 2.23. The molecule has 5 nitrogen and oxygen atoms in total. The van der Waals surface area contributed by atoms with E-state index in [0.717, 1.165) is 32.0 Å². The van der Waals surface area contributed by atoms with Gasteiger partial charge in [0.2, 0.25) is 0 Å². The molecular formula is C13H26ClN5. The van der Waals surface area contributed by atoms with Gasteiger partial charge in [0.1, 0.15) is 12.2 Å². The van der Waals surface area contributed by atoms with Gasteiger partial charge in [-0.25, -0.2) is 9.67 Å². The molecule has 2 rings (SSSR count). The van der Waals surface area contributed by atoms with E-state index in [2.05, 4.69) is 35.8 Å². The molecule has 1 saturated heterocycles. The SMILES string of the molecule is CC(C)Cn1ncnc1CN1CC(CN)CC1C.Cl. The van der Waals surface area contributed by atoms with Crippen molar-refractivity contribution < 1.29 is 0 Å². The van der Waals surface area contributed by atoms with Crippen molar-refractivity contribution in [3.8, 4) is 0 Å². The Hall–Kier alpha value is -0.650. The molecule has 0 bridgehead atoms. The third-order valence-electron chi connectivity index (χ3n) is 3.70. The second kappa shape index (κ2) is 7.22. The molecule has 110 valence electrons. The lowest BCUT2D eigenvalue weighted by molar-refractivity contribution is 0.242. The molecule has 1 fully saturated rings. The minimum absolute atomic E-state index is 0. The molecule has 2 heterocycles. The second-order valence-electron chi connectivity index (χ2n) is 5.87. The van der Waals surface area contributed by atoms with Gasteiger partial charge in [-0.15, -0.1) is 12.4 Å². The van der Waals surface area contributed by atoms with Gasteiger partial charge in [-0.05, 0) is 31.7 Å². The number of nitrogens with zero attached hydrogens (tertiary/aromatic N) is 4. The number of aromatic nitrogens is 3. The number of hydrogen-bond acceptors (Lipinski definition) is 4. The first-order valence-corrected chi connectivity index (χ1v) is 6.91. The summed E-state index contributed by atoms with van der Waals surface area (Å²) in [6.45, 7) is 10.4. The van der Waals surface area contributed by atoms with E-state index in [9.17, 15) is 0 Å². The zero-order valence-electron chi connectivity index (χ0n) is 12.1. The lowest BCUT2D eigenvalue weighted by Crippen LogP contribution is -2.29. The molecule has 19 heavy (non-hydrogen) atoms. The summed E-state index contributed by atoms with van der Waals surface area (Å²) in [4.78, 5) is 6.87. The highest BCUT2D eigenvalue weighted by molar-refractivity contribution is 5.85. The van der Waals surface area contributed by atoms with E-state index >= 15 is 0 Å². The maximum atomic E-state index is 5.77. The smallest absolute Gasteiger partial charge is 0.141 e. The normalized spacial score (nSPS) is 23.8. The Morgan fingerprint density at radius 1 is 1.47 bits per heavy atom. The number of nitrogens with two attached hydrogens (primary N) is 1. The van der Waals surface area contributed by atoms with Crippen molar-refractivity contribution in [3.05, 3.63) is 12.2 Å². The predicted molar refractivity (Wildman–Crippen MR) is 79.1 cm³/mol. The zero-order valence-corrected chi connectivity index (χ0v) is 12.9. The fourth-order valence-electron chi connectivity index (χ4n) is 2.70. The fourth-order valence-corrected chi connectivity index (χ4v) is 2.70. The van der Waals surface area contributed by atoms with E-state index in [1.165, 1.54) is 6.42 Å². The van der Waals surface area contributed by atoms with Crippen molar-refractivity contribution in [1.29, 1.82) is 0 Å². The van der Waals surface area contributed by atoms with Crippen LogP contribution in [0.25, 0.3) is 0 Å². The Bertz CT molecular complexity index is 379. The van der Waals surface area contributed by atoms with Gasteiger partial charge in [-0.3, -0.25) is 4.90 Å². The molecule has 2 atom stereocenters. The number of hydrogen-bond donors (Lipinski definition) is 1. The standard InChI is InChI=1S/C13H25N5.ClH/c1-10(2)6-18-13(15-9-16-18)8-17-7-12(5-14)4-11(17)3;/h9-12H,4-8,14H2,1-3H3;1H.